The van der Waals surface area contributed by atoms with E-state index in [1.807, 2.05) is 16.7 Å². The summed E-state index contributed by atoms with van der Waals surface area (Å²) in [6.07, 6.45) is 0.966. The summed E-state index contributed by atoms with van der Waals surface area (Å²) < 4.78 is 5.63. The summed E-state index contributed by atoms with van der Waals surface area (Å²) in [4.78, 5) is 20.9. The molecule has 7 nitrogen and oxygen atoms in total. The van der Waals surface area contributed by atoms with E-state index < -0.39 is 5.97 Å². The normalized spacial score (nSPS) is 10.7. The topological polar surface area (TPSA) is 95.2 Å². The Morgan fingerprint density at radius 3 is 2.92 bits per heavy atom. The molecule has 0 spiro atoms. The van der Waals surface area contributed by atoms with Crippen LogP contribution in [-0.2, 0) is 11.3 Å². The molecule has 0 amide bonds. The van der Waals surface area contributed by atoms with Gasteiger partial charge in [-0.05, 0) is 36.5 Å². The molecule has 0 saturated carbocycles. The Bertz CT molecular complexity index is 583. The van der Waals surface area contributed by atoms with Crippen LogP contribution in [0.15, 0.2) is 23.2 Å². The molecular formula is C17H25N3O4S2. The number of hydrogen-bond acceptors (Lipinski definition) is 8. The van der Waals surface area contributed by atoms with Crippen molar-refractivity contribution in [3.05, 3.63) is 29.6 Å². The van der Waals surface area contributed by atoms with Crippen molar-refractivity contribution in [3.63, 3.8) is 0 Å². The third kappa shape index (κ3) is 10.6. The van der Waals surface area contributed by atoms with Crippen LogP contribution in [0, 0.1) is 0 Å². The zero-order valence-electron chi connectivity index (χ0n) is 14.7. The standard InChI is InChI=1S/C17H25N3O4S2/c21-8-6-20(13-15-3-1-4-16(19-15)17(22)23)7-10-24-9-2-11-26-12-5-18-14-25/h1,3-4,21H,2,5-13H2,(H,22,23). The summed E-state index contributed by atoms with van der Waals surface area (Å²) in [5.74, 6) is 0.908. The van der Waals surface area contributed by atoms with Crippen LogP contribution in [-0.4, -0.2) is 82.2 Å². The second-order valence-corrected chi connectivity index (χ2v) is 6.78. The number of carbonyl (C=O) groups is 1. The van der Waals surface area contributed by atoms with E-state index in [2.05, 4.69) is 27.4 Å². The number of ether oxygens (including phenoxy) is 1. The minimum absolute atomic E-state index is 0.0245. The molecule has 0 unspecified atom stereocenters. The van der Waals surface area contributed by atoms with Crippen molar-refractivity contribution in [2.75, 3.05) is 51.0 Å². The molecule has 0 bridgehead atoms. The first-order valence-electron chi connectivity index (χ1n) is 8.39. The van der Waals surface area contributed by atoms with E-state index >= 15 is 0 Å². The lowest BCUT2D eigenvalue weighted by atomic mass is 10.3. The Hall–Kier alpha value is -1.35. The van der Waals surface area contributed by atoms with Gasteiger partial charge in [0.05, 0.1) is 30.6 Å². The van der Waals surface area contributed by atoms with Gasteiger partial charge in [0.2, 0.25) is 0 Å². The quantitative estimate of drug-likeness (QED) is 0.262. The number of thiocarbonyl (C=S) groups is 1. The summed E-state index contributed by atoms with van der Waals surface area (Å²) in [6.45, 7) is 3.58. The lowest BCUT2D eigenvalue weighted by Crippen LogP contribution is -2.30. The molecule has 1 heterocycles. The van der Waals surface area contributed by atoms with Gasteiger partial charge in [-0.25, -0.2) is 14.8 Å². The average Bonchev–Trinajstić information content (AvgIpc) is 2.63. The molecule has 0 saturated heterocycles. The molecule has 1 rings (SSSR count). The Morgan fingerprint density at radius 1 is 1.35 bits per heavy atom. The number of aliphatic hydroxyl groups is 1. The minimum atomic E-state index is -1.05. The molecular weight excluding hydrogens is 374 g/mol. The van der Waals surface area contributed by atoms with Crippen LogP contribution < -0.4 is 0 Å². The van der Waals surface area contributed by atoms with Crippen molar-refractivity contribution in [2.24, 2.45) is 4.99 Å². The molecule has 0 atom stereocenters. The molecule has 0 aliphatic rings. The van der Waals surface area contributed by atoms with E-state index in [1.54, 1.807) is 12.1 Å². The van der Waals surface area contributed by atoms with Crippen molar-refractivity contribution in [2.45, 2.75) is 13.0 Å². The smallest absolute Gasteiger partial charge is 0.354 e. The zero-order chi connectivity index (χ0) is 19.0. The van der Waals surface area contributed by atoms with Crippen molar-refractivity contribution < 1.29 is 19.7 Å². The molecule has 9 heteroatoms. The number of aliphatic hydroxyl groups excluding tert-OH is 1. The molecule has 0 aliphatic carbocycles. The number of rotatable bonds is 15. The van der Waals surface area contributed by atoms with E-state index in [1.165, 1.54) is 6.07 Å². The average molecular weight is 400 g/mol. The Kier molecular flexibility index (Phi) is 12.9. The highest BCUT2D eigenvalue weighted by Crippen LogP contribution is 2.05. The predicted molar refractivity (Wildman–Crippen MR) is 106 cm³/mol. The van der Waals surface area contributed by atoms with Crippen LogP contribution >= 0.6 is 24.0 Å². The van der Waals surface area contributed by atoms with Crippen molar-refractivity contribution in [3.8, 4) is 0 Å². The third-order valence-electron chi connectivity index (χ3n) is 3.37. The zero-order valence-corrected chi connectivity index (χ0v) is 16.3. The van der Waals surface area contributed by atoms with Gasteiger partial charge in [0.1, 0.15) is 5.69 Å². The Labute approximate surface area is 163 Å². The van der Waals surface area contributed by atoms with Gasteiger partial charge in [-0.1, -0.05) is 6.07 Å². The largest absolute Gasteiger partial charge is 0.477 e. The molecule has 0 aromatic carbocycles. The lowest BCUT2D eigenvalue weighted by Gasteiger charge is -2.21. The maximum Gasteiger partial charge on any atom is 0.354 e. The Balaban J connectivity index is 2.23. The predicted octanol–water partition coefficient (Wildman–Crippen LogP) is 1.82. The van der Waals surface area contributed by atoms with E-state index in [-0.39, 0.29) is 12.3 Å². The Morgan fingerprint density at radius 2 is 2.19 bits per heavy atom. The van der Waals surface area contributed by atoms with Crippen LogP contribution in [0.2, 0.25) is 0 Å². The van der Waals surface area contributed by atoms with Crippen LogP contribution in [0.25, 0.3) is 0 Å². The number of pyridine rings is 1. The highest BCUT2D eigenvalue weighted by molar-refractivity contribution is 7.99. The van der Waals surface area contributed by atoms with Gasteiger partial charge in [-0.3, -0.25) is 4.90 Å². The first kappa shape index (κ1) is 22.7. The minimum Gasteiger partial charge on any atom is -0.477 e. The number of hydrogen-bond donors (Lipinski definition) is 2. The van der Waals surface area contributed by atoms with Gasteiger partial charge in [0.25, 0.3) is 0 Å². The number of thioether (sulfide) groups is 1. The van der Waals surface area contributed by atoms with Gasteiger partial charge in [-0.2, -0.15) is 11.8 Å². The summed E-state index contributed by atoms with van der Waals surface area (Å²) in [5, 5.41) is 20.5. The molecule has 1 aromatic heterocycles. The van der Waals surface area contributed by atoms with E-state index in [9.17, 15) is 9.90 Å². The first-order chi connectivity index (χ1) is 12.7. The van der Waals surface area contributed by atoms with Gasteiger partial charge < -0.3 is 14.9 Å². The van der Waals surface area contributed by atoms with Crippen LogP contribution in [0.3, 0.4) is 0 Å². The van der Waals surface area contributed by atoms with Gasteiger partial charge in [-0.15, -0.1) is 0 Å². The fraction of sp³-hybridized carbons (Fsp3) is 0.588. The number of carboxylic acid groups (broad SMARTS) is 1. The monoisotopic (exact) mass is 399 g/mol. The highest BCUT2D eigenvalue weighted by atomic mass is 32.2. The molecule has 0 aliphatic heterocycles. The van der Waals surface area contributed by atoms with E-state index in [0.29, 0.717) is 45.1 Å². The molecule has 1 aromatic rings. The van der Waals surface area contributed by atoms with Gasteiger partial charge in [0.15, 0.2) is 0 Å². The van der Waals surface area contributed by atoms with Crippen molar-refractivity contribution in [1.82, 2.24) is 9.88 Å². The van der Waals surface area contributed by atoms with Crippen molar-refractivity contribution >= 4 is 35.1 Å². The number of aromatic carboxylic acids is 1. The SMILES string of the molecule is O=C(O)c1cccc(CN(CCO)CCOCCCSCCN=C=S)n1. The number of aromatic nitrogens is 1. The van der Waals surface area contributed by atoms with Crippen LogP contribution in [0.4, 0.5) is 0 Å². The summed E-state index contributed by atoms with van der Waals surface area (Å²) >= 11 is 6.31. The summed E-state index contributed by atoms with van der Waals surface area (Å²) in [5.41, 5.74) is 0.685. The van der Waals surface area contributed by atoms with Crippen molar-refractivity contribution in [1.29, 1.82) is 0 Å². The highest BCUT2D eigenvalue weighted by Gasteiger charge is 2.09. The molecule has 26 heavy (non-hydrogen) atoms. The first-order valence-corrected chi connectivity index (χ1v) is 9.95. The summed E-state index contributed by atoms with van der Waals surface area (Å²) in [7, 11) is 0. The maximum atomic E-state index is 11.0. The molecule has 2 N–H and O–H groups in total. The number of nitrogens with zero attached hydrogens (tertiary/aromatic N) is 3. The van der Waals surface area contributed by atoms with Crippen LogP contribution in [0.1, 0.15) is 22.6 Å². The second-order valence-electron chi connectivity index (χ2n) is 5.37. The molecule has 144 valence electrons. The molecule has 0 radical (unpaired) electrons. The maximum absolute atomic E-state index is 11.0. The summed E-state index contributed by atoms with van der Waals surface area (Å²) in [6, 6.07) is 4.92. The third-order valence-corrected chi connectivity index (χ3v) is 4.55. The van der Waals surface area contributed by atoms with Gasteiger partial charge in [0, 0.05) is 32.0 Å². The van der Waals surface area contributed by atoms with Crippen LogP contribution in [0.5, 0.6) is 0 Å². The number of carboxylic acids is 1. The fourth-order valence-corrected chi connectivity index (χ4v) is 2.98. The fourth-order valence-electron chi connectivity index (χ4n) is 2.14. The van der Waals surface area contributed by atoms with E-state index in [4.69, 9.17) is 9.84 Å². The lowest BCUT2D eigenvalue weighted by molar-refractivity contribution is 0.0688. The van der Waals surface area contributed by atoms with Gasteiger partial charge >= 0.3 is 5.97 Å². The number of aliphatic imine (C=N–C) groups is 1. The second kappa shape index (κ2) is 14.8. The molecule has 0 fully saturated rings. The van der Waals surface area contributed by atoms with E-state index in [0.717, 1.165) is 17.9 Å². The number of isothiocyanates is 1.